The molecule has 4 amide bonds. The summed E-state index contributed by atoms with van der Waals surface area (Å²) >= 11 is 0. The molecule has 4 rings (SSSR count). The van der Waals surface area contributed by atoms with E-state index in [0.29, 0.717) is 51.3 Å². The first kappa shape index (κ1) is 20.8. The minimum Gasteiger partial charge on any atom is -0.330 e. The normalized spacial score (nSPS) is 17.8. The van der Waals surface area contributed by atoms with Gasteiger partial charge in [0.05, 0.1) is 0 Å². The number of urea groups is 1. The van der Waals surface area contributed by atoms with E-state index in [4.69, 9.17) is 0 Å². The Balaban J connectivity index is 1.29. The third-order valence-corrected chi connectivity index (χ3v) is 5.85. The van der Waals surface area contributed by atoms with Crippen molar-refractivity contribution in [1.82, 2.24) is 14.7 Å². The molecule has 2 aliphatic heterocycles. The van der Waals surface area contributed by atoms with Crippen LogP contribution in [0.5, 0.6) is 0 Å². The average Bonchev–Trinajstić information content (AvgIpc) is 2.79. The monoisotopic (exact) mass is 424 g/mol. The van der Waals surface area contributed by atoms with E-state index in [9.17, 15) is 18.8 Å². The van der Waals surface area contributed by atoms with Gasteiger partial charge in [-0.15, -0.1) is 0 Å². The van der Waals surface area contributed by atoms with Crippen LogP contribution >= 0.6 is 0 Å². The third kappa shape index (κ3) is 4.84. The Morgan fingerprint density at radius 2 is 1.58 bits per heavy atom. The number of anilines is 1. The van der Waals surface area contributed by atoms with Crippen LogP contribution in [0.4, 0.5) is 14.9 Å². The van der Waals surface area contributed by atoms with Gasteiger partial charge in [-0.3, -0.25) is 9.59 Å². The quantitative estimate of drug-likeness (QED) is 0.767. The van der Waals surface area contributed by atoms with Crippen LogP contribution in [0.15, 0.2) is 54.6 Å². The van der Waals surface area contributed by atoms with Crippen LogP contribution in [0.25, 0.3) is 0 Å². The van der Waals surface area contributed by atoms with Crippen LogP contribution in [0.3, 0.4) is 0 Å². The number of hydrogen-bond acceptors (Lipinski definition) is 3. The predicted octanol–water partition coefficient (Wildman–Crippen LogP) is 2.69. The van der Waals surface area contributed by atoms with Gasteiger partial charge in [-0.1, -0.05) is 30.3 Å². The van der Waals surface area contributed by atoms with Gasteiger partial charge in [0, 0.05) is 44.5 Å². The van der Waals surface area contributed by atoms with Crippen molar-refractivity contribution in [2.24, 2.45) is 0 Å². The molecule has 1 N–H and O–H groups in total. The van der Waals surface area contributed by atoms with Crippen molar-refractivity contribution in [3.8, 4) is 0 Å². The molecule has 2 aliphatic rings. The van der Waals surface area contributed by atoms with Crippen molar-refractivity contribution in [2.75, 3.05) is 31.5 Å². The molecule has 0 bridgehead atoms. The van der Waals surface area contributed by atoms with Crippen LogP contribution in [-0.4, -0.2) is 64.8 Å². The first-order chi connectivity index (χ1) is 15.0. The summed E-state index contributed by atoms with van der Waals surface area (Å²) in [7, 11) is 0. The molecule has 2 saturated heterocycles. The summed E-state index contributed by atoms with van der Waals surface area (Å²) in [5, 5.41) is 2.76. The van der Waals surface area contributed by atoms with Crippen LogP contribution in [0.2, 0.25) is 0 Å². The maximum atomic E-state index is 13.0. The molecule has 2 heterocycles. The minimum atomic E-state index is -0.466. The second-order valence-corrected chi connectivity index (χ2v) is 7.87. The Bertz CT molecular complexity index is 943. The summed E-state index contributed by atoms with van der Waals surface area (Å²) in [4.78, 5) is 42.7. The zero-order chi connectivity index (χ0) is 21.8. The lowest BCUT2D eigenvalue weighted by molar-refractivity contribution is -0.158. The second kappa shape index (κ2) is 9.16. The summed E-state index contributed by atoms with van der Waals surface area (Å²) in [6.07, 6.45) is 1.24. The molecule has 2 fully saturated rings. The average molecular weight is 424 g/mol. The van der Waals surface area contributed by atoms with Crippen molar-refractivity contribution < 1.29 is 18.8 Å². The van der Waals surface area contributed by atoms with E-state index in [-0.39, 0.29) is 17.9 Å². The number of piperazine rings is 1. The Morgan fingerprint density at radius 1 is 0.903 bits per heavy atom. The van der Waals surface area contributed by atoms with Crippen molar-refractivity contribution in [1.29, 1.82) is 0 Å². The first-order valence-electron chi connectivity index (χ1n) is 10.5. The molecule has 0 atom stereocenters. The van der Waals surface area contributed by atoms with Crippen LogP contribution < -0.4 is 5.32 Å². The Morgan fingerprint density at radius 3 is 2.26 bits per heavy atom. The topological polar surface area (TPSA) is 73.0 Å². The van der Waals surface area contributed by atoms with Gasteiger partial charge in [0.25, 0.3) is 0 Å². The van der Waals surface area contributed by atoms with Gasteiger partial charge in [0.15, 0.2) is 0 Å². The number of nitrogens with one attached hydrogen (secondary N) is 1. The highest BCUT2D eigenvalue weighted by Gasteiger charge is 2.37. The number of carbonyl (C=O) groups excluding carboxylic acids is 3. The molecule has 0 radical (unpaired) electrons. The SMILES string of the molecule is O=C(Nc1ccc(F)cc1)N1CCC(N2CCN(Cc3ccccc3)C(=O)C2=O)CC1. The molecule has 0 saturated carbocycles. The van der Waals surface area contributed by atoms with Gasteiger partial charge in [0.2, 0.25) is 0 Å². The van der Waals surface area contributed by atoms with Crippen LogP contribution in [0, 0.1) is 5.82 Å². The van der Waals surface area contributed by atoms with Crippen molar-refractivity contribution >= 4 is 23.5 Å². The van der Waals surface area contributed by atoms with E-state index in [1.165, 1.54) is 24.3 Å². The number of benzene rings is 2. The molecule has 0 unspecified atom stereocenters. The van der Waals surface area contributed by atoms with E-state index in [2.05, 4.69) is 5.32 Å². The lowest BCUT2D eigenvalue weighted by Gasteiger charge is -2.42. The highest BCUT2D eigenvalue weighted by molar-refractivity contribution is 6.35. The highest BCUT2D eigenvalue weighted by Crippen LogP contribution is 2.21. The molecule has 31 heavy (non-hydrogen) atoms. The fraction of sp³-hybridized carbons (Fsp3) is 0.348. The molecular formula is C23H25FN4O3. The van der Waals surface area contributed by atoms with Gasteiger partial charge in [0.1, 0.15) is 5.82 Å². The number of carbonyl (C=O) groups is 3. The van der Waals surface area contributed by atoms with Gasteiger partial charge >= 0.3 is 17.8 Å². The number of likely N-dealkylation sites (tertiary alicyclic amines) is 1. The number of rotatable bonds is 4. The van der Waals surface area contributed by atoms with E-state index in [1.807, 2.05) is 30.3 Å². The Hall–Kier alpha value is -3.42. The zero-order valence-corrected chi connectivity index (χ0v) is 17.2. The number of piperidine rings is 1. The summed E-state index contributed by atoms with van der Waals surface area (Å²) in [5.41, 5.74) is 1.53. The third-order valence-electron chi connectivity index (χ3n) is 5.85. The number of amides is 4. The molecule has 162 valence electrons. The molecule has 2 aromatic carbocycles. The smallest absolute Gasteiger partial charge is 0.321 e. The molecule has 7 nitrogen and oxygen atoms in total. The maximum Gasteiger partial charge on any atom is 0.321 e. The van der Waals surface area contributed by atoms with Gasteiger partial charge in [-0.25, -0.2) is 9.18 Å². The lowest BCUT2D eigenvalue weighted by atomic mass is 10.0. The van der Waals surface area contributed by atoms with Crippen LogP contribution in [0.1, 0.15) is 18.4 Å². The Labute approximate surface area is 180 Å². The lowest BCUT2D eigenvalue weighted by Crippen LogP contribution is -2.59. The summed E-state index contributed by atoms with van der Waals surface area (Å²) < 4.78 is 13.0. The van der Waals surface area contributed by atoms with E-state index in [0.717, 1.165) is 5.56 Å². The molecule has 8 heteroatoms. The summed E-state index contributed by atoms with van der Waals surface area (Å²) in [5.74, 6) is -1.29. The van der Waals surface area contributed by atoms with E-state index in [1.54, 1.807) is 14.7 Å². The zero-order valence-electron chi connectivity index (χ0n) is 17.2. The van der Waals surface area contributed by atoms with Crippen molar-refractivity contribution in [3.63, 3.8) is 0 Å². The minimum absolute atomic E-state index is 0.0507. The van der Waals surface area contributed by atoms with Crippen molar-refractivity contribution in [3.05, 3.63) is 66.0 Å². The van der Waals surface area contributed by atoms with Gasteiger partial charge in [-0.2, -0.15) is 0 Å². The van der Waals surface area contributed by atoms with Crippen LogP contribution in [-0.2, 0) is 16.1 Å². The Kier molecular flexibility index (Phi) is 6.16. The van der Waals surface area contributed by atoms with Gasteiger partial charge in [-0.05, 0) is 42.7 Å². The standard InChI is InChI=1S/C23H25FN4O3/c24-18-6-8-19(9-7-18)25-23(31)26-12-10-20(11-13-26)28-15-14-27(21(29)22(28)30)16-17-4-2-1-3-5-17/h1-9,20H,10-16H2,(H,25,31). The molecule has 0 aromatic heterocycles. The summed E-state index contributed by atoms with van der Waals surface area (Å²) in [6.45, 7) is 2.42. The first-order valence-corrected chi connectivity index (χ1v) is 10.5. The summed E-state index contributed by atoms with van der Waals surface area (Å²) in [6, 6.07) is 14.9. The molecule has 0 aliphatic carbocycles. The maximum absolute atomic E-state index is 13.0. The van der Waals surface area contributed by atoms with E-state index >= 15 is 0 Å². The number of nitrogens with zero attached hydrogens (tertiary/aromatic N) is 3. The number of halogens is 1. The second-order valence-electron chi connectivity index (χ2n) is 7.87. The fourth-order valence-corrected chi connectivity index (χ4v) is 4.11. The largest absolute Gasteiger partial charge is 0.330 e. The van der Waals surface area contributed by atoms with E-state index < -0.39 is 11.8 Å². The van der Waals surface area contributed by atoms with Gasteiger partial charge < -0.3 is 20.0 Å². The number of hydrogen-bond donors (Lipinski definition) is 1. The molecular weight excluding hydrogens is 399 g/mol. The molecule has 0 spiro atoms. The fourth-order valence-electron chi connectivity index (χ4n) is 4.11. The highest BCUT2D eigenvalue weighted by atomic mass is 19.1. The predicted molar refractivity (Wildman–Crippen MR) is 114 cm³/mol. The molecule has 2 aromatic rings. The van der Waals surface area contributed by atoms with Crippen molar-refractivity contribution in [2.45, 2.75) is 25.4 Å².